The number of hydrogen-bond donors (Lipinski definition) is 0. The van der Waals surface area contributed by atoms with Gasteiger partial charge in [-0.3, -0.25) is 9.59 Å². The van der Waals surface area contributed by atoms with Crippen molar-refractivity contribution in [3.05, 3.63) is 71.0 Å². The van der Waals surface area contributed by atoms with Crippen molar-refractivity contribution < 1.29 is 23.5 Å². The van der Waals surface area contributed by atoms with Gasteiger partial charge in [0.15, 0.2) is 18.1 Å². The Morgan fingerprint density at radius 1 is 1.10 bits per heavy atom. The first-order valence-corrected chi connectivity index (χ1v) is 10.2. The number of methoxy groups -OCH3 is 1. The summed E-state index contributed by atoms with van der Waals surface area (Å²) in [4.78, 5) is 28.3. The molecule has 3 rings (SSSR count). The van der Waals surface area contributed by atoms with Crippen LogP contribution in [0.2, 0.25) is 5.02 Å². The van der Waals surface area contributed by atoms with Crippen LogP contribution in [0, 0.1) is 5.82 Å². The lowest BCUT2D eigenvalue weighted by atomic mass is 10.1. The summed E-state index contributed by atoms with van der Waals surface area (Å²) in [5, 5.41) is 0.295. The number of benzene rings is 2. The van der Waals surface area contributed by atoms with Gasteiger partial charge in [0.25, 0.3) is 11.8 Å². The molecule has 2 aromatic rings. The monoisotopic (exact) mass is 446 g/mol. The highest BCUT2D eigenvalue weighted by Gasteiger charge is 2.26. The van der Waals surface area contributed by atoms with E-state index in [1.54, 1.807) is 24.2 Å². The van der Waals surface area contributed by atoms with Gasteiger partial charge in [0.05, 0.1) is 12.7 Å². The third-order valence-corrected chi connectivity index (χ3v) is 5.27. The predicted octanol–water partition coefficient (Wildman–Crippen LogP) is 3.58. The summed E-state index contributed by atoms with van der Waals surface area (Å²) in [6.45, 7) is 4.85. The van der Waals surface area contributed by atoms with Crippen LogP contribution in [0.25, 0.3) is 0 Å². The van der Waals surface area contributed by atoms with Crippen LogP contribution < -0.4 is 9.47 Å². The molecule has 0 bridgehead atoms. The number of rotatable bonds is 7. The quantitative estimate of drug-likeness (QED) is 0.610. The van der Waals surface area contributed by atoms with Gasteiger partial charge in [0, 0.05) is 31.2 Å². The number of ether oxygens (including phenoxy) is 2. The van der Waals surface area contributed by atoms with E-state index in [0.29, 0.717) is 49.1 Å². The summed E-state index contributed by atoms with van der Waals surface area (Å²) in [6, 6.07) is 9.39. The molecule has 6 nitrogen and oxygen atoms in total. The van der Waals surface area contributed by atoms with E-state index >= 15 is 0 Å². The zero-order chi connectivity index (χ0) is 22.4. The molecule has 0 aliphatic carbocycles. The summed E-state index contributed by atoms with van der Waals surface area (Å²) >= 11 is 5.88. The van der Waals surface area contributed by atoms with Gasteiger partial charge in [-0.2, -0.15) is 0 Å². The van der Waals surface area contributed by atoms with Crippen LogP contribution in [-0.4, -0.2) is 61.5 Å². The van der Waals surface area contributed by atoms with E-state index in [2.05, 4.69) is 6.58 Å². The van der Waals surface area contributed by atoms with E-state index in [9.17, 15) is 14.0 Å². The minimum Gasteiger partial charge on any atom is -0.493 e. The van der Waals surface area contributed by atoms with Crippen molar-refractivity contribution in [3.8, 4) is 11.5 Å². The normalized spacial score (nSPS) is 13.6. The first-order chi connectivity index (χ1) is 14.9. The van der Waals surface area contributed by atoms with E-state index in [1.807, 2.05) is 12.1 Å². The summed E-state index contributed by atoms with van der Waals surface area (Å²) in [7, 11) is 1.54. The number of halogens is 2. The smallest absolute Gasteiger partial charge is 0.260 e. The molecular formula is C23H24ClFN2O4. The molecule has 1 fully saturated rings. The molecule has 0 atom stereocenters. The molecule has 0 aromatic heterocycles. The molecule has 0 saturated carbocycles. The van der Waals surface area contributed by atoms with Crippen LogP contribution in [0.15, 0.2) is 49.1 Å². The second-order valence-corrected chi connectivity index (χ2v) is 7.50. The first kappa shape index (κ1) is 22.6. The lowest BCUT2D eigenvalue weighted by Crippen LogP contribution is -2.51. The number of nitrogens with zero attached hydrogens (tertiary/aromatic N) is 2. The SMILES string of the molecule is C=CCc1ccc(OCC(=O)N2CCN(C(=O)c3cc(Cl)ccc3F)CC2)c(OC)c1. The lowest BCUT2D eigenvalue weighted by molar-refractivity contribution is -0.134. The lowest BCUT2D eigenvalue weighted by Gasteiger charge is -2.34. The minimum atomic E-state index is -0.616. The van der Waals surface area contributed by atoms with E-state index < -0.39 is 11.7 Å². The topological polar surface area (TPSA) is 59.1 Å². The third kappa shape index (κ3) is 5.55. The highest BCUT2D eigenvalue weighted by atomic mass is 35.5. The second-order valence-electron chi connectivity index (χ2n) is 7.06. The zero-order valence-electron chi connectivity index (χ0n) is 17.3. The Morgan fingerprint density at radius 3 is 2.48 bits per heavy atom. The number of hydrogen-bond acceptors (Lipinski definition) is 4. The molecule has 0 radical (unpaired) electrons. The molecule has 31 heavy (non-hydrogen) atoms. The second kappa shape index (κ2) is 10.3. The fourth-order valence-electron chi connectivity index (χ4n) is 3.35. The van der Waals surface area contributed by atoms with E-state index in [0.717, 1.165) is 5.56 Å². The van der Waals surface area contributed by atoms with Crippen LogP contribution >= 0.6 is 11.6 Å². The Hall–Kier alpha value is -3.06. The first-order valence-electron chi connectivity index (χ1n) is 9.85. The standard InChI is InChI=1S/C23H24ClFN2O4/c1-3-4-16-5-8-20(21(13-16)30-2)31-15-22(28)26-9-11-27(12-10-26)23(29)18-14-17(24)6-7-19(18)25/h3,5-8,13-14H,1,4,9-12,15H2,2H3. The molecule has 1 aliphatic heterocycles. The maximum atomic E-state index is 14.0. The van der Waals surface area contributed by atoms with Gasteiger partial charge in [-0.05, 0) is 42.3 Å². The van der Waals surface area contributed by atoms with Crippen LogP contribution in [0.5, 0.6) is 11.5 Å². The largest absolute Gasteiger partial charge is 0.493 e. The Labute approximate surface area is 185 Å². The fourth-order valence-corrected chi connectivity index (χ4v) is 3.52. The minimum absolute atomic E-state index is 0.0670. The average Bonchev–Trinajstić information content (AvgIpc) is 2.79. The number of carbonyl (C=O) groups excluding carboxylic acids is 2. The van der Waals surface area contributed by atoms with Crippen LogP contribution in [0.1, 0.15) is 15.9 Å². The van der Waals surface area contributed by atoms with Gasteiger partial charge in [0.2, 0.25) is 0 Å². The molecule has 0 spiro atoms. The Morgan fingerprint density at radius 2 is 1.81 bits per heavy atom. The number of carbonyl (C=O) groups is 2. The van der Waals surface area contributed by atoms with Crippen LogP contribution in [0.4, 0.5) is 4.39 Å². The maximum Gasteiger partial charge on any atom is 0.260 e. The van der Waals surface area contributed by atoms with Crippen molar-refractivity contribution in [1.82, 2.24) is 9.80 Å². The summed E-state index contributed by atoms with van der Waals surface area (Å²) < 4.78 is 25.0. The molecule has 0 N–H and O–H groups in total. The highest BCUT2D eigenvalue weighted by Crippen LogP contribution is 2.28. The van der Waals surface area contributed by atoms with Gasteiger partial charge in [-0.1, -0.05) is 23.7 Å². The van der Waals surface area contributed by atoms with Crippen molar-refractivity contribution in [2.45, 2.75) is 6.42 Å². The molecule has 1 heterocycles. The van der Waals surface area contributed by atoms with Crippen molar-refractivity contribution >= 4 is 23.4 Å². The predicted molar refractivity (Wildman–Crippen MR) is 116 cm³/mol. The maximum absolute atomic E-state index is 14.0. The van der Waals surface area contributed by atoms with Crippen molar-refractivity contribution in [2.75, 3.05) is 39.9 Å². The van der Waals surface area contributed by atoms with E-state index in [1.165, 1.54) is 23.1 Å². The fraction of sp³-hybridized carbons (Fsp3) is 0.304. The zero-order valence-corrected chi connectivity index (χ0v) is 18.0. The van der Waals surface area contributed by atoms with Gasteiger partial charge < -0.3 is 19.3 Å². The molecule has 2 aromatic carbocycles. The van der Waals surface area contributed by atoms with Crippen molar-refractivity contribution in [1.29, 1.82) is 0 Å². The molecule has 164 valence electrons. The van der Waals surface area contributed by atoms with Gasteiger partial charge in [0.1, 0.15) is 5.82 Å². The molecular weight excluding hydrogens is 423 g/mol. The Bertz CT molecular complexity index is 974. The van der Waals surface area contributed by atoms with Gasteiger partial charge >= 0.3 is 0 Å². The van der Waals surface area contributed by atoms with E-state index in [4.69, 9.17) is 21.1 Å². The number of amides is 2. The van der Waals surface area contributed by atoms with Crippen LogP contribution in [0.3, 0.4) is 0 Å². The van der Waals surface area contributed by atoms with Crippen LogP contribution in [-0.2, 0) is 11.2 Å². The third-order valence-electron chi connectivity index (χ3n) is 5.04. The molecule has 1 saturated heterocycles. The Kier molecular flexibility index (Phi) is 7.52. The molecule has 0 unspecified atom stereocenters. The van der Waals surface area contributed by atoms with Gasteiger partial charge in [-0.25, -0.2) is 4.39 Å². The van der Waals surface area contributed by atoms with E-state index in [-0.39, 0.29) is 18.1 Å². The summed E-state index contributed by atoms with van der Waals surface area (Å²) in [5.74, 6) is -0.222. The molecule has 8 heteroatoms. The summed E-state index contributed by atoms with van der Waals surface area (Å²) in [5.41, 5.74) is 0.963. The highest BCUT2D eigenvalue weighted by molar-refractivity contribution is 6.31. The average molecular weight is 447 g/mol. The molecule has 1 aliphatic rings. The van der Waals surface area contributed by atoms with Crippen molar-refractivity contribution in [2.24, 2.45) is 0 Å². The van der Waals surface area contributed by atoms with Gasteiger partial charge in [-0.15, -0.1) is 6.58 Å². The Balaban J connectivity index is 1.54. The molecule has 2 amide bonds. The van der Waals surface area contributed by atoms with Crippen molar-refractivity contribution in [3.63, 3.8) is 0 Å². The number of allylic oxidation sites excluding steroid dienone is 1. The number of piperazine rings is 1. The summed E-state index contributed by atoms with van der Waals surface area (Å²) in [6.07, 6.45) is 2.50.